The van der Waals surface area contributed by atoms with E-state index in [1.807, 2.05) is 25.1 Å². The van der Waals surface area contributed by atoms with Gasteiger partial charge in [-0.2, -0.15) is 0 Å². The van der Waals surface area contributed by atoms with Crippen LogP contribution in [0, 0.1) is 6.92 Å². The number of quaternary nitrogens is 1. The van der Waals surface area contributed by atoms with Gasteiger partial charge in [0.05, 0.1) is 13.2 Å². The lowest BCUT2D eigenvalue weighted by Crippen LogP contribution is -3.12. The van der Waals surface area contributed by atoms with Crippen LogP contribution in [0.15, 0.2) is 42.5 Å². The quantitative estimate of drug-likeness (QED) is 0.893. The molecule has 0 aromatic heterocycles. The minimum atomic E-state index is -0.150. The number of carbonyl (C=O) groups is 1. The summed E-state index contributed by atoms with van der Waals surface area (Å²) in [7, 11) is 0. The number of carbonyl (C=O) groups excluding carboxylic acids is 1. The lowest BCUT2D eigenvalue weighted by atomic mass is 10.1. The Morgan fingerprint density at radius 3 is 2.54 bits per heavy atom. The van der Waals surface area contributed by atoms with Crippen molar-refractivity contribution in [2.45, 2.75) is 13.5 Å². The number of hydrogen-bond acceptors (Lipinski definition) is 2. The predicted octanol–water partition coefficient (Wildman–Crippen LogP) is 2.32. The van der Waals surface area contributed by atoms with E-state index in [2.05, 4.69) is 17.4 Å². The molecule has 1 saturated heterocycles. The maximum atomic E-state index is 12.3. The zero-order chi connectivity index (χ0) is 16.9. The highest BCUT2D eigenvalue weighted by Crippen LogP contribution is 2.18. The van der Waals surface area contributed by atoms with E-state index in [-0.39, 0.29) is 5.91 Å². The molecule has 1 aliphatic heterocycles. The van der Waals surface area contributed by atoms with Gasteiger partial charge in [-0.05, 0) is 36.8 Å². The molecule has 3 rings (SSSR count). The molecule has 1 heterocycles. The Hall–Kier alpha value is -1.88. The van der Waals surface area contributed by atoms with Crippen molar-refractivity contribution in [2.24, 2.45) is 0 Å². The largest absolute Gasteiger partial charge is 0.370 e. The number of rotatable bonds is 4. The Bertz CT molecular complexity index is 710. The number of hydrogen-bond donors (Lipinski definition) is 2. The Labute approximate surface area is 147 Å². The standard InChI is InChI=1S/C19H21ClN2O2/c1-14-2-5-16(12-18(14)20)19(23)21-17-6-3-15(4-7-17)13-22-8-10-24-11-9-22/h2-7,12H,8-11,13H2,1H3,(H,21,23)/p+1. The number of amides is 1. The van der Waals surface area contributed by atoms with Gasteiger partial charge in [0.1, 0.15) is 19.6 Å². The zero-order valence-corrected chi connectivity index (χ0v) is 14.5. The molecular weight excluding hydrogens is 324 g/mol. The molecule has 4 nitrogen and oxygen atoms in total. The summed E-state index contributed by atoms with van der Waals surface area (Å²) in [4.78, 5) is 13.8. The first-order valence-electron chi connectivity index (χ1n) is 8.19. The number of halogens is 1. The molecule has 0 atom stereocenters. The van der Waals surface area contributed by atoms with Crippen LogP contribution >= 0.6 is 11.6 Å². The van der Waals surface area contributed by atoms with E-state index in [1.54, 1.807) is 12.1 Å². The highest BCUT2D eigenvalue weighted by Gasteiger charge is 2.14. The molecule has 2 N–H and O–H groups in total. The van der Waals surface area contributed by atoms with Gasteiger partial charge in [0, 0.05) is 21.8 Å². The summed E-state index contributed by atoms with van der Waals surface area (Å²) in [6.07, 6.45) is 0. The molecule has 24 heavy (non-hydrogen) atoms. The van der Waals surface area contributed by atoms with Gasteiger partial charge < -0.3 is 15.0 Å². The van der Waals surface area contributed by atoms with Crippen LogP contribution in [0.5, 0.6) is 0 Å². The fraction of sp³-hybridized carbons (Fsp3) is 0.316. The van der Waals surface area contributed by atoms with Gasteiger partial charge in [-0.15, -0.1) is 0 Å². The third kappa shape index (κ3) is 4.35. The second-order valence-corrected chi connectivity index (χ2v) is 6.56. The first kappa shape index (κ1) is 17.0. The molecule has 2 aromatic rings. The van der Waals surface area contributed by atoms with E-state index in [9.17, 15) is 4.79 Å². The van der Waals surface area contributed by atoms with Crippen LogP contribution in [-0.4, -0.2) is 32.2 Å². The Morgan fingerprint density at radius 1 is 1.17 bits per heavy atom. The molecule has 0 saturated carbocycles. The van der Waals surface area contributed by atoms with Crippen molar-refractivity contribution in [3.63, 3.8) is 0 Å². The molecule has 1 aliphatic rings. The molecular formula is C19H22ClN2O2+. The van der Waals surface area contributed by atoms with Crippen molar-refractivity contribution in [1.82, 2.24) is 0 Å². The van der Waals surface area contributed by atoms with Crippen LogP contribution in [0.3, 0.4) is 0 Å². The van der Waals surface area contributed by atoms with Gasteiger partial charge >= 0.3 is 0 Å². The van der Waals surface area contributed by atoms with Crippen LogP contribution in [0.1, 0.15) is 21.5 Å². The smallest absolute Gasteiger partial charge is 0.255 e. The summed E-state index contributed by atoms with van der Waals surface area (Å²) in [5, 5.41) is 3.51. The van der Waals surface area contributed by atoms with Crippen LogP contribution in [0.2, 0.25) is 5.02 Å². The summed E-state index contributed by atoms with van der Waals surface area (Å²) in [6.45, 7) is 6.68. The Balaban J connectivity index is 1.60. The maximum Gasteiger partial charge on any atom is 0.255 e. The van der Waals surface area contributed by atoms with Gasteiger partial charge in [-0.1, -0.05) is 29.8 Å². The van der Waals surface area contributed by atoms with E-state index in [0.29, 0.717) is 10.6 Å². The minimum absolute atomic E-state index is 0.150. The molecule has 0 bridgehead atoms. The lowest BCUT2D eigenvalue weighted by Gasteiger charge is -2.23. The third-order valence-corrected chi connectivity index (χ3v) is 4.71. The summed E-state index contributed by atoms with van der Waals surface area (Å²) in [5.74, 6) is -0.150. The zero-order valence-electron chi connectivity index (χ0n) is 13.8. The number of benzene rings is 2. The molecule has 0 unspecified atom stereocenters. The van der Waals surface area contributed by atoms with Crippen molar-refractivity contribution in [3.05, 3.63) is 64.2 Å². The van der Waals surface area contributed by atoms with Crippen LogP contribution in [-0.2, 0) is 11.3 Å². The number of ether oxygens (including phenoxy) is 1. The molecule has 1 fully saturated rings. The fourth-order valence-electron chi connectivity index (χ4n) is 2.77. The number of aryl methyl sites for hydroxylation is 1. The normalized spacial score (nSPS) is 15.2. The predicted molar refractivity (Wildman–Crippen MR) is 95.8 cm³/mol. The molecule has 0 spiro atoms. The first-order chi connectivity index (χ1) is 11.6. The third-order valence-electron chi connectivity index (χ3n) is 4.30. The second kappa shape index (κ2) is 7.79. The van der Waals surface area contributed by atoms with Crippen LogP contribution in [0.25, 0.3) is 0 Å². The van der Waals surface area contributed by atoms with Crippen molar-refractivity contribution in [2.75, 3.05) is 31.6 Å². The second-order valence-electron chi connectivity index (χ2n) is 6.15. The highest BCUT2D eigenvalue weighted by atomic mass is 35.5. The molecule has 1 amide bonds. The average molecular weight is 346 g/mol. The van der Waals surface area contributed by atoms with Gasteiger partial charge in [0.2, 0.25) is 0 Å². The van der Waals surface area contributed by atoms with Gasteiger partial charge in [-0.3, -0.25) is 4.79 Å². The maximum absolute atomic E-state index is 12.3. The van der Waals surface area contributed by atoms with Gasteiger partial charge in [0.25, 0.3) is 5.91 Å². The summed E-state index contributed by atoms with van der Waals surface area (Å²) < 4.78 is 5.38. The van der Waals surface area contributed by atoms with Crippen molar-refractivity contribution in [3.8, 4) is 0 Å². The SMILES string of the molecule is Cc1ccc(C(=O)Nc2ccc(C[NH+]3CCOCC3)cc2)cc1Cl. The Morgan fingerprint density at radius 2 is 1.88 bits per heavy atom. The van der Waals surface area contributed by atoms with Gasteiger partial charge in [0.15, 0.2) is 0 Å². The highest BCUT2D eigenvalue weighted by molar-refractivity contribution is 6.31. The fourth-order valence-corrected chi connectivity index (χ4v) is 2.95. The number of anilines is 1. The molecule has 2 aromatic carbocycles. The molecule has 0 aliphatic carbocycles. The molecule has 126 valence electrons. The summed E-state index contributed by atoms with van der Waals surface area (Å²) in [6, 6.07) is 13.4. The van der Waals surface area contributed by atoms with E-state index >= 15 is 0 Å². The first-order valence-corrected chi connectivity index (χ1v) is 8.57. The molecule has 0 radical (unpaired) electrons. The monoisotopic (exact) mass is 345 g/mol. The van der Waals surface area contributed by atoms with Crippen LogP contribution in [0.4, 0.5) is 5.69 Å². The Kier molecular flexibility index (Phi) is 5.51. The minimum Gasteiger partial charge on any atom is -0.370 e. The van der Waals surface area contributed by atoms with Gasteiger partial charge in [-0.25, -0.2) is 0 Å². The summed E-state index contributed by atoms with van der Waals surface area (Å²) in [5.41, 5.74) is 3.58. The lowest BCUT2D eigenvalue weighted by molar-refractivity contribution is -0.921. The molecule has 5 heteroatoms. The summed E-state index contributed by atoms with van der Waals surface area (Å²) >= 11 is 6.08. The number of nitrogens with one attached hydrogen (secondary N) is 2. The van der Waals surface area contributed by atoms with E-state index < -0.39 is 0 Å². The number of morpholine rings is 1. The van der Waals surface area contributed by atoms with E-state index in [4.69, 9.17) is 16.3 Å². The topological polar surface area (TPSA) is 42.8 Å². The van der Waals surface area contributed by atoms with E-state index in [0.717, 1.165) is 44.1 Å². The van der Waals surface area contributed by atoms with E-state index in [1.165, 1.54) is 10.5 Å². The van der Waals surface area contributed by atoms with Crippen molar-refractivity contribution in [1.29, 1.82) is 0 Å². The van der Waals surface area contributed by atoms with Crippen molar-refractivity contribution >= 4 is 23.2 Å². The van der Waals surface area contributed by atoms with Crippen LogP contribution < -0.4 is 10.2 Å². The average Bonchev–Trinajstić information content (AvgIpc) is 2.60. The van der Waals surface area contributed by atoms with Crippen molar-refractivity contribution < 1.29 is 14.4 Å².